The van der Waals surface area contributed by atoms with Gasteiger partial charge in [-0.25, -0.2) is 23.5 Å². The van der Waals surface area contributed by atoms with Crippen LogP contribution in [0.1, 0.15) is 37.5 Å². The Kier molecular flexibility index (Phi) is 5.45. The third-order valence-electron chi connectivity index (χ3n) is 4.88. The number of aromatic amines is 1. The highest BCUT2D eigenvalue weighted by Gasteiger charge is 2.15. The Morgan fingerprint density at radius 2 is 1.52 bits per heavy atom. The zero-order valence-electron chi connectivity index (χ0n) is 17.5. The van der Waals surface area contributed by atoms with Gasteiger partial charge >= 0.3 is 17.1 Å². The molecule has 6 nitrogen and oxygen atoms in total. The third kappa shape index (κ3) is 4.15. The summed E-state index contributed by atoms with van der Waals surface area (Å²) in [5, 5.41) is 0. The molecule has 0 fully saturated rings. The lowest BCUT2D eigenvalue weighted by atomic mass is 9.87. The van der Waals surface area contributed by atoms with Gasteiger partial charge in [0.05, 0.1) is 5.69 Å². The molecule has 7 heteroatoms. The summed E-state index contributed by atoms with van der Waals surface area (Å²) in [5.41, 5.74) is 1.43. The fraction of sp³-hybridized carbons (Fsp3) is 0.318. The maximum absolute atomic E-state index is 12.5. The van der Waals surface area contributed by atoms with Crippen molar-refractivity contribution in [3.05, 3.63) is 84.5 Å². The predicted octanol–water partition coefficient (Wildman–Crippen LogP) is 3.29. The third-order valence-corrected chi connectivity index (χ3v) is 6.05. The molecule has 1 N–H and O–H groups in total. The first-order chi connectivity index (χ1) is 13.5. The molecular formula is C22H25N3O3S. The molecule has 3 rings (SSSR count). The second kappa shape index (κ2) is 7.55. The molecule has 152 valence electrons. The summed E-state index contributed by atoms with van der Waals surface area (Å²) < 4.78 is 1.88. The van der Waals surface area contributed by atoms with Gasteiger partial charge in [0.2, 0.25) is 0 Å². The van der Waals surface area contributed by atoms with E-state index in [1.165, 1.54) is 12.6 Å². The van der Waals surface area contributed by atoms with Crippen molar-refractivity contribution in [2.45, 2.75) is 49.8 Å². The number of nitrogens with zero attached hydrogens (tertiary/aromatic N) is 2. The molecule has 0 atom stereocenters. The van der Waals surface area contributed by atoms with Gasteiger partial charge in [-0.3, -0.25) is 4.98 Å². The van der Waals surface area contributed by atoms with Crippen LogP contribution >= 0.6 is 11.8 Å². The molecule has 0 saturated carbocycles. The van der Waals surface area contributed by atoms with Gasteiger partial charge in [0, 0.05) is 16.8 Å². The second-order valence-corrected chi connectivity index (χ2v) is 9.31. The highest BCUT2D eigenvalue weighted by molar-refractivity contribution is 7.99. The van der Waals surface area contributed by atoms with E-state index in [2.05, 4.69) is 50.0 Å². The maximum Gasteiger partial charge on any atom is 0.340 e. The topological polar surface area (TPSA) is 76.9 Å². The summed E-state index contributed by atoms with van der Waals surface area (Å²) in [6.45, 7) is 10.3. The van der Waals surface area contributed by atoms with Crippen LogP contribution in [0.15, 0.2) is 60.6 Å². The monoisotopic (exact) mass is 411 g/mol. The number of aromatic nitrogens is 3. The molecule has 0 radical (unpaired) electrons. The van der Waals surface area contributed by atoms with Crippen LogP contribution in [0.25, 0.3) is 5.69 Å². The molecule has 0 amide bonds. The molecular weight excluding hydrogens is 386 g/mol. The fourth-order valence-electron chi connectivity index (χ4n) is 3.04. The van der Waals surface area contributed by atoms with E-state index in [1.807, 2.05) is 26.0 Å². The molecule has 1 aromatic heterocycles. The molecule has 2 aromatic carbocycles. The van der Waals surface area contributed by atoms with E-state index >= 15 is 0 Å². The van der Waals surface area contributed by atoms with Crippen LogP contribution in [0.2, 0.25) is 0 Å². The normalized spacial score (nSPS) is 11.7. The zero-order valence-corrected chi connectivity index (χ0v) is 18.3. The van der Waals surface area contributed by atoms with Crippen LogP contribution in [-0.2, 0) is 12.5 Å². The summed E-state index contributed by atoms with van der Waals surface area (Å²) >= 11 is 1.64. The molecule has 29 heavy (non-hydrogen) atoms. The summed E-state index contributed by atoms with van der Waals surface area (Å²) in [4.78, 5) is 40.7. The first-order valence-corrected chi connectivity index (χ1v) is 10.1. The molecule has 0 bridgehead atoms. The van der Waals surface area contributed by atoms with Crippen molar-refractivity contribution in [3.63, 3.8) is 0 Å². The van der Waals surface area contributed by atoms with Crippen LogP contribution in [0.3, 0.4) is 0 Å². The lowest BCUT2D eigenvalue weighted by Gasteiger charge is -2.19. The Bertz CT molecular complexity index is 1240. The quantitative estimate of drug-likeness (QED) is 0.717. The van der Waals surface area contributed by atoms with Crippen LogP contribution in [0, 0.1) is 13.8 Å². The molecule has 3 aromatic rings. The van der Waals surface area contributed by atoms with E-state index in [1.54, 1.807) is 11.8 Å². The van der Waals surface area contributed by atoms with Crippen molar-refractivity contribution < 1.29 is 0 Å². The molecule has 0 aliphatic carbocycles. The molecule has 0 saturated heterocycles. The number of hydrogen-bond donors (Lipinski definition) is 1. The van der Waals surface area contributed by atoms with Crippen molar-refractivity contribution >= 4 is 11.8 Å². The van der Waals surface area contributed by atoms with E-state index in [9.17, 15) is 14.4 Å². The Hall–Kier alpha value is -2.80. The van der Waals surface area contributed by atoms with Crippen molar-refractivity contribution in [1.82, 2.24) is 14.1 Å². The summed E-state index contributed by atoms with van der Waals surface area (Å²) in [6.07, 6.45) is 0. The van der Waals surface area contributed by atoms with Crippen LogP contribution in [-0.4, -0.2) is 14.1 Å². The Morgan fingerprint density at radius 1 is 0.897 bits per heavy atom. The van der Waals surface area contributed by atoms with Crippen LogP contribution in [0.4, 0.5) is 0 Å². The maximum atomic E-state index is 12.5. The highest BCUT2D eigenvalue weighted by atomic mass is 32.2. The van der Waals surface area contributed by atoms with Crippen LogP contribution < -0.4 is 17.1 Å². The van der Waals surface area contributed by atoms with Gasteiger partial charge in [0.15, 0.2) is 0 Å². The van der Waals surface area contributed by atoms with Crippen molar-refractivity contribution in [2.75, 3.05) is 0 Å². The highest BCUT2D eigenvalue weighted by Crippen LogP contribution is 2.34. The van der Waals surface area contributed by atoms with Crippen molar-refractivity contribution in [2.24, 2.45) is 7.05 Å². The van der Waals surface area contributed by atoms with E-state index in [-0.39, 0.29) is 5.41 Å². The van der Waals surface area contributed by atoms with Gasteiger partial charge in [-0.05, 0) is 60.2 Å². The van der Waals surface area contributed by atoms with E-state index in [4.69, 9.17) is 0 Å². The molecule has 0 spiro atoms. The van der Waals surface area contributed by atoms with Crippen molar-refractivity contribution in [1.29, 1.82) is 0 Å². The summed E-state index contributed by atoms with van der Waals surface area (Å²) in [6, 6.07) is 12.3. The van der Waals surface area contributed by atoms with E-state index < -0.39 is 17.1 Å². The lowest BCUT2D eigenvalue weighted by Crippen LogP contribution is -2.47. The standard InChI is InChI=1S/C22H25N3O3S/c1-13-12-18(29-16-9-7-15(8-10-16)22(3,4)5)14(2)11-17(13)25-20(27)23-19(26)24(6)21(25)28/h7-12H,1-6H3,(H,23,26,27). The number of nitrogens with one attached hydrogen (secondary N) is 1. The van der Waals surface area contributed by atoms with Crippen molar-refractivity contribution in [3.8, 4) is 5.69 Å². The minimum Gasteiger partial charge on any atom is -0.258 e. The average Bonchev–Trinajstić information content (AvgIpc) is 2.63. The zero-order chi connectivity index (χ0) is 21.5. The Balaban J connectivity index is 2.01. The Labute approximate surface area is 173 Å². The lowest BCUT2D eigenvalue weighted by molar-refractivity contribution is 0.590. The van der Waals surface area contributed by atoms with E-state index in [0.29, 0.717) is 5.69 Å². The van der Waals surface area contributed by atoms with Gasteiger partial charge in [0.1, 0.15) is 0 Å². The molecule has 0 aliphatic heterocycles. The fourth-order valence-corrected chi connectivity index (χ4v) is 4.02. The first kappa shape index (κ1) is 20.9. The number of hydrogen-bond acceptors (Lipinski definition) is 4. The first-order valence-electron chi connectivity index (χ1n) is 9.31. The smallest absolute Gasteiger partial charge is 0.258 e. The molecule has 0 aliphatic rings. The number of benzene rings is 2. The molecule has 1 heterocycles. The second-order valence-electron chi connectivity index (χ2n) is 8.19. The van der Waals surface area contributed by atoms with Gasteiger partial charge in [-0.2, -0.15) is 0 Å². The number of rotatable bonds is 3. The van der Waals surface area contributed by atoms with Crippen LogP contribution in [0.5, 0.6) is 0 Å². The number of aryl methyl sites for hydroxylation is 2. The minimum absolute atomic E-state index is 0.105. The Morgan fingerprint density at radius 3 is 2.10 bits per heavy atom. The summed E-state index contributed by atoms with van der Waals surface area (Å²) in [5.74, 6) is 0. The summed E-state index contributed by atoms with van der Waals surface area (Å²) in [7, 11) is 1.34. The van der Waals surface area contributed by atoms with E-state index in [0.717, 1.165) is 30.1 Å². The minimum atomic E-state index is -0.737. The van der Waals surface area contributed by atoms with Gasteiger partial charge in [-0.1, -0.05) is 44.7 Å². The largest absolute Gasteiger partial charge is 0.340 e. The molecule has 0 unspecified atom stereocenters. The van der Waals surface area contributed by atoms with Gasteiger partial charge in [-0.15, -0.1) is 0 Å². The predicted molar refractivity (Wildman–Crippen MR) is 117 cm³/mol. The SMILES string of the molecule is Cc1cc(-n2c(=O)[nH]c(=O)n(C)c2=O)c(C)cc1Sc1ccc(C(C)(C)C)cc1. The average molecular weight is 412 g/mol. The van der Waals surface area contributed by atoms with Gasteiger partial charge in [0.25, 0.3) is 0 Å². The number of H-pyrrole nitrogens is 1. The van der Waals surface area contributed by atoms with Gasteiger partial charge < -0.3 is 0 Å².